The topological polar surface area (TPSA) is 48.6 Å². The van der Waals surface area contributed by atoms with Crippen LogP contribution >= 0.6 is 0 Å². The third kappa shape index (κ3) is 3.56. The maximum atomic E-state index is 13.6. The molecule has 1 aromatic heterocycles. The van der Waals surface area contributed by atoms with Crippen LogP contribution in [0.1, 0.15) is 51.3 Å². The monoisotopic (exact) mass is 409 g/mol. The second-order valence-electron chi connectivity index (χ2n) is 11.0. The minimum Gasteiger partial charge on any atom is -0.378 e. The van der Waals surface area contributed by atoms with Crippen LogP contribution in [-0.2, 0) is 11.3 Å². The molecule has 3 aliphatic rings. The van der Waals surface area contributed by atoms with Gasteiger partial charge in [0.1, 0.15) is 0 Å². The van der Waals surface area contributed by atoms with Gasteiger partial charge >= 0.3 is 0 Å². The number of anilines is 1. The number of aromatic amines is 1. The van der Waals surface area contributed by atoms with E-state index in [1.807, 2.05) is 0 Å². The van der Waals surface area contributed by atoms with Gasteiger partial charge in [0.2, 0.25) is 0 Å². The van der Waals surface area contributed by atoms with Crippen molar-refractivity contribution < 1.29 is 4.74 Å². The first-order chi connectivity index (χ1) is 14.2. The maximum absolute atomic E-state index is 13.6. The van der Waals surface area contributed by atoms with Gasteiger partial charge in [-0.25, -0.2) is 0 Å². The number of benzene rings is 1. The van der Waals surface area contributed by atoms with Crippen molar-refractivity contribution in [1.29, 1.82) is 0 Å². The zero-order chi connectivity index (χ0) is 21.1. The summed E-state index contributed by atoms with van der Waals surface area (Å²) in [6, 6.07) is 6.85. The Morgan fingerprint density at radius 1 is 1.17 bits per heavy atom. The molecule has 2 aromatic rings. The predicted molar refractivity (Wildman–Crippen MR) is 122 cm³/mol. The molecule has 0 amide bonds. The van der Waals surface area contributed by atoms with Crippen molar-refractivity contribution >= 4 is 16.6 Å². The Balaban J connectivity index is 1.48. The van der Waals surface area contributed by atoms with Crippen molar-refractivity contribution in [3.05, 3.63) is 39.7 Å². The van der Waals surface area contributed by atoms with E-state index in [1.54, 1.807) is 0 Å². The summed E-state index contributed by atoms with van der Waals surface area (Å²) in [5.74, 6) is 0. The second-order valence-corrected chi connectivity index (χ2v) is 11.0. The molecule has 5 rings (SSSR count). The fraction of sp³-hybridized carbons (Fsp3) is 0.640. The SMILES string of the molecule is Cc1[nH]c2ccc(N3CCOCC3)cc2c(=O)c1CN1C[C@@]2(C)C[C@H]1CC(C)(C)C2. The van der Waals surface area contributed by atoms with Crippen molar-refractivity contribution in [2.24, 2.45) is 10.8 Å². The van der Waals surface area contributed by atoms with Gasteiger partial charge in [-0.1, -0.05) is 20.8 Å². The van der Waals surface area contributed by atoms with E-state index in [-0.39, 0.29) is 5.43 Å². The van der Waals surface area contributed by atoms with Crippen molar-refractivity contribution in [2.75, 3.05) is 37.7 Å². The number of nitrogens with zero attached hydrogens (tertiary/aromatic N) is 2. The Bertz CT molecular complexity index is 1020. The first kappa shape index (κ1) is 20.1. The standard InChI is InChI=1S/C25H35N3O2/c1-17-21(14-28-16-25(4)13-19(28)12-24(2,3)15-25)23(29)20-11-18(5-6-22(20)26-17)27-7-9-30-10-8-27/h5-6,11,19H,7-10,12-16H2,1-4H3,(H,26,29)/t19-,25+/m1/s1. The molecule has 5 heteroatoms. The molecular formula is C25H35N3O2. The average Bonchev–Trinajstić information content (AvgIpc) is 2.93. The van der Waals surface area contributed by atoms with E-state index < -0.39 is 0 Å². The zero-order valence-corrected chi connectivity index (χ0v) is 18.9. The quantitative estimate of drug-likeness (QED) is 0.830. The summed E-state index contributed by atoms with van der Waals surface area (Å²) in [6.07, 6.45) is 3.78. The van der Waals surface area contributed by atoms with Gasteiger partial charge in [0.25, 0.3) is 0 Å². The molecule has 3 heterocycles. The van der Waals surface area contributed by atoms with Crippen LogP contribution in [0.2, 0.25) is 0 Å². The molecular weight excluding hydrogens is 374 g/mol. The molecule has 2 bridgehead atoms. The van der Waals surface area contributed by atoms with Crippen LogP contribution < -0.4 is 10.3 Å². The summed E-state index contributed by atoms with van der Waals surface area (Å²) in [4.78, 5) is 22.0. The Morgan fingerprint density at radius 3 is 2.70 bits per heavy atom. The lowest BCUT2D eigenvalue weighted by Crippen LogP contribution is -2.36. The third-order valence-corrected chi connectivity index (χ3v) is 7.56. The molecule has 1 aliphatic carbocycles. The Kier molecular flexibility index (Phi) is 4.75. The van der Waals surface area contributed by atoms with E-state index in [4.69, 9.17) is 4.74 Å². The Hall–Kier alpha value is -1.85. The van der Waals surface area contributed by atoms with Crippen molar-refractivity contribution in [2.45, 2.75) is 59.5 Å². The number of morpholine rings is 1. The van der Waals surface area contributed by atoms with E-state index in [0.717, 1.165) is 67.2 Å². The van der Waals surface area contributed by atoms with Crippen molar-refractivity contribution in [1.82, 2.24) is 9.88 Å². The number of likely N-dealkylation sites (tertiary alicyclic amines) is 1. The minimum atomic E-state index is 0.196. The van der Waals surface area contributed by atoms with E-state index in [9.17, 15) is 4.79 Å². The molecule has 0 unspecified atom stereocenters. The predicted octanol–water partition coefficient (Wildman–Crippen LogP) is 4.07. The molecule has 2 atom stereocenters. The summed E-state index contributed by atoms with van der Waals surface area (Å²) in [6.45, 7) is 14.4. The highest BCUT2D eigenvalue weighted by molar-refractivity contribution is 5.83. The van der Waals surface area contributed by atoms with Crippen LogP contribution in [0.4, 0.5) is 5.69 Å². The molecule has 3 fully saturated rings. The van der Waals surface area contributed by atoms with E-state index >= 15 is 0 Å². The zero-order valence-electron chi connectivity index (χ0n) is 18.9. The van der Waals surface area contributed by atoms with E-state index in [2.05, 4.69) is 60.7 Å². The number of aryl methyl sites for hydroxylation is 1. The van der Waals surface area contributed by atoms with Crippen molar-refractivity contribution in [3.63, 3.8) is 0 Å². The highest BCUT2D eigenvalue weighted by Crippen LogP contribution is 2.52. The number of nitrogens with one attached hydrogen (secondary N) is 1. The summed E-state index contributed by atoms with van der Waals surface area (Å²) < 4.78 is 5.48. The van der Waals surface area contributed by atoms with E-state index in [0.29, 0.717) is 16.9 Å². The number of fused-ring (bicyclic) bond motifs is 3. The molecule has 2 aliphatic heterocycles. The molecule has 1 aromatic carbocycles. The Morgan fingerprint density at radius 2 is 1.93 bits per heavy atom. The van der Waals surface area contributed by atoms with Gasteiger partial charge < -0.3 is 14.6 Å². The first-order valence-corrected chi connectivity index (χ1v) is 11.5. The summed E-state index contributed by atoms with van der Waals surface area (Å²) >= 11 is 0. The van der Waals surface area contributed by atoms with Gasteiger partial charge in [-0.2, -0.15) is 0 Å². The lowest BCUT2D eigenvalue weighted by molar-refractivity contribution is 0.122. The highest BCUT2D eigenvalue weighted by atomic mass is 16.5. The molecule has 5 nitrogen and oxygen atoms in total. The minimum absolute atomic E-state index is 0.196. The van der Waals surface area contributed by atoms with Crippen LogP contribution in [-0.4, -0.2) is 48.8 Å². The fourth-order valence-corrected chi connectivity index (χ4v) is 6.61. The van der Waals surface area contributed by atoms with Gasteiger partial charge in [0.05, 0.1) is 13.2 Å². The number of hydrogen-bond acceptors (Lipinski definition) is 4. The fourth-order valence-electron chi connectivity index (χ4n) is 6.61. The van der Waals surface area contributed by atoms with Gasteiger partial charge in [-0.05, 0) is 55.2 Å². The first-order valence-electron chi connectivity index (χ1n) is 11.5. The van der Waals surface area contributed by atoms with Crippen LogP contribution in [0.5, 0.6) is 0 Å². The second kappa shape index (κ2) is 7.10. The molecule has 1 N–H and O–H groups in total. The van der Waals surface area contributed by atoms with E-state index in [1.165, 1.54) is 19.3 Å². The number of H-pyrrole nitrogens is 1. The summed E-state index contributed by atoms with van der Waals surface area (Å²) in [5, 5.41) is 0.813. The normalized spacial score (nSPS) is 28.9. The smallest absolute Gasteiger partial charge is 0.194 e. The summed E-state index contributed by atoms with van der Waals surface area (Å²) in [5.41, 5.74) is 4.98. The number of pyridine rings is 1. The lowest BCUT2D eigenvalue weighted by atomic mass is 9.65. The third-order valence-electron chi connectivity index (χ3n) is 7.56. The lowest BCUT2D eigenvalue weighted by Gasteiger charge is -2.40. The van der Waals surface area contributed by atoms with Crippen LogP contribution in [0.25, 0.3) is 10.9 Å². The largest absolute Gasteiger partial charge is 0.378 e. The molecule has 0 spiro atoms. The van der Waals surface area contributed by atoms with Crippen LogP contribution in [0.15, 0.2) is 23.0 Å². The van der Waals surface area contributed by atoms with Gasteiger partial charge in [0, 0.05) is 60.1 Å². The van der Waals surface area contributed by atoms with Crippen LogP contribution in [0.3, 0.4) is 0 Å². The molecule has 2 saturated heterocycles. The van der Waals surface area contributed by atoms with Crippen molar-refractivity contribution in [3.8, 4) is 0 Å². The molecule has 162 valence electrons. The van der Waals surface area contributed by atoms with Gasteiger partial charge in [-0.15, -0.1) is 0 Å². The van der Waals surface area contributed by atoms with Gasteiger partial charge in [-0.3, -0.25) is 9.69 Å². The number of rotatable bonds is 3. The van der Waals surface area contributed by atoms with Crippen LogP contribution in [0, 0.1) is 17.8 Å². The van der Waals surface area contributed by atoms with Gasteiger partial charge in [0.15, 0.2) is 5.43 Å². The molecule has 30 heavy (non-hydrogen) atoms. The summed E-state index contributed by atoms with van der Waals surface area (Å²) in [7, 11) is 0. The number of aromatic nitrogens is 1. The average molecular weight is 410 g/mol. The highest BCUT2D eigenvalue weighted by Gasteiger charge is 2.49. The maximum Gasteiger partial charge on any atom is 0.194 e. The number of hydrogen-bond donors (Lipinski definition) is 1. The molecule has 0 radical (unpaired) electrons. The number of ether oxygens (including phenoxy) is 1. The molecule has 1 saturated carbocycles. The Labute approximate surface area is 179 Å².